The average Bonchev–Trinajstić information content (AvgIpc) is 2.54. The number of aliphatic imine (C=N–C) groups is 1. The van der Waals surface area contributed by atoms with E-state index in [1.165, 1.54) is 19.4 Å². The number of esters is 1. The second-order valence-electron chi connectivity index (χ2n) is 5.52. The minimum atomic E-state index is -0.606. The van der Waals surface area contributed by atoms with Gasteiger partial charge in [-0.05, 0) is 30.5 Å². The fourth-order valence-electron chi connectivity index (χ4n) is 2.16. The van der Waals surface area contributed by atoms with Crippen LogP contribution in [0.3, 0.4) is 0 Å². The normalized spacial score (nSPS) is 11.6. The number of rotatable bonds is 4. The maximum Gasteiger partial charge on any atom is 0.341 e. The van der Waals surface area contributed by atoms with Gasteiger partial charge in [-0.2, -0.15) is 0 Å². The van der Waals surface area contributed by atoms with Crippen LogP contribution in [0.1, 0.15) is 35.5 Å². The smallest absolute Gasteiger partial charge is 0.341 e. The Kier molecular flexibility index (Phi) is 5.11. The Morgan fingerprint density at radius 3 is 2.61 bits per heavy atom. The predicted octanol–water partition coefficient (Wildman–Crippen LogP) is 3.66. The van der Waals surface area contributed by atoms with Gasteiger partial charge in [-0.1, -0.05) is 32.0 Å². The van der Waals surface area contributed by atoms with E-state index in [1.54, 1.807) is 0 Å². The van der Waals surface area contributed by atoms with E-state index in [1.807, 2.05) is 45.0 Å². The first kappa shape index (κ1) is 16.7. The SMILES string of the molecule is COC(=O)c1cc(C(=Nc2ccccc2C)C(C)C)ncc1O. The van der Waals surface area contributed by atoms with Gasteiger partial charge in [0.05, 0.1) is 30.4 Å². The number of aryl methyl sites for hydroxylation is 1. The molecule has 23 heavy (non-hydrogen) atoms. The van der Waals surface area contributed by atoms with Crippen molar-refractivity contribution in [1.29, 1.82) is 0 Å². The molecule has 0 unspecified atom stereocenters. The van der Waals surface area contributed by atoms with Crippen molar-refractivity contribution in [3.05, 3.63) is 53.3 Å². The van der Waals surface area contributed by atoms with E-state index in [0.717, 1.165) is 17.0 Å². The summed E-state index contributed by atoms with van der Waals surface area (Å²) in [6, 6.07) is 9.31. The first-order chi connectivity index (χ1) is 10.9. The summed E-state index contributed by atoms with van der Waals surface area (Å²) in [6.07, 6.45) is 1.25. The lowest BCUT2D eigenvalue weighted by molar-refractivity contribution is 0.0597. The van der Waals surface area contributed by atoms with Gasteiger partial charge >= 0.3 is 5.97 Å². The summed E-state index contributed by atoms with van der Waals surface area (Å²) in [4.78, 5) is 20.7. The molecule has 5 nitrogen and oxygen atoms in total. The third kappa shape index (κ3) is 3.74. The number of aromatic hydroxyl groups is 1. The number of methoxy groups -OCH3 is 1. The maximum atomic E-state index is 11.7. The van der Waals surface area contributed by atoms with E-state index in [0.29, 0.717) is 5.69 Å². The Bertz CT molecular complexity index is 752. The fourth-order valence-corrected chi connectivity index (χ4v) is 2.16. The zero-order chi connectivity index (χ0) is 17.0. The average molecular weight is 312 g/mol. The third-order valence-electron chi connectivity index (χ3n) is 3.45. The van der Waals surface area contributed by atoms with Crippen molar-refractivity contribution in [2.24, 2.45) is 10.9 Å². The van der Waals surface area contributed by atoms with Crippen molar-refractivity contribution in [3.63, 3.8) is 0 Å². The quantitative estimate of drug-likeness (QED) is 0.691. The maximum absolute atomic E-state index is 11.7. The van der Waals surface area contributed by atoms with Crippen LogP contribution < -0.4 is 0 Å². The number of aromatic nitrogens is 1. The van der Waals surface area contributed by atoms with Gasteiger partial charge in [-0.3, -0.25) is 9.98 Å². The molecule has 0 aliphatic rings. The highest BCUT2D eigenvalue weighted by atomic mass is 16.5. The largest absolute Gasteiger partial charge is 0.505 e. The number of carbonyl (C=O) groups excluding carboxylic acids is 1. The van der Waals surface area contributed by atoms with E-state index in [4.69, 9.17) is 4.99 Å². The van der Waals surface area contributed by atoms with Crippen molar-refractivity contribution in [2.45, 2.75) is 20.8 Å². The molecule has 0 amide bonds. The van der Waals surface area contributed by atoms with Crippen molar-refractivity contribution in [3.8, 4) is 5.75 Å². The van der Waals surface area contributed by atoms with Gasteiger partial charge < -0.3 is 9.84 Å². The molecule has 1 heterocycles. The van der Waals surface area contributed by atoms with E-state index < -0.39 is 5.97 Å². The highest BCUT2D eigenvalue weighted by molar-refractivity contribution is 6.04. The lowest BCUT2D eigenvalue weighted by Gasteiger charge is -2.12. The second-order valence-corrected chi connectivity index (χ2v) is 5.52. The number of hydrogen-bond donors (Lipinski definition) is 1. The summed E-state index contributed by atoms with van der Waals surface area (Å²) in [6.45, 7) is 5.99. The van der Waals surface area contributed by atoms with E-state index in [2.05, 4.69) is 9.72 Å². The Labute approximate surface area is 135 Å². The van der Waals surface area contributed by atoms with Crippen LogP contribution in [0.5, 0.6) is 5.75 Å². The summed E-state index contributed by atoms with van der Waals surface area (Å²) in [7, 11) is 1.27. The lowest BCUT2D eigenvalue weighted by atomic mass is 10.0. The van der Waals surface area contributed by atoms with Crippen LogP contribution in [0.25, 0.3) is 0 Å². The molecule has 120 valence electrons. The number of benzene rings is 1. The van der Waals surface area contributed by atoms with Crippen molar-refractivity contribution >= 4 is 17.4 Å². The summed E-state index contributed by atoms with van der Waals surface area (Å²) in [5, 5.41) is 9.79. The number of ether oxygens (including phenoxy) is 1. The number of carbonyl (C=O) groups is 1. The lowest BCUT2D eigenvalue weighted by Crippen LogP contribution is -2.13. The summed E-state index contributed by atoms with van der Waals surface area (Å²) < 4.78 is 4.68. The zero-order valence-corrected chi connectivity index (χ0v) is 13.7. The molecule has 2 aromatic rings. The molecule has 0 saturated heterocycles. The molecule has 1 N–H and O–H groups in total. The molecule has 1 aromatic carbocycles. The van der Waals surface area contributed by atoms with E-state index in [9.17, 15) is 9.90 Å². The standard InChI is InChI=1S/C18H20N2O3/c1-11(2)17(20-14-8-6-5-7-12(14)3)15-9-13(18(22)23-4)16(21)10-19-15/h5-11,21H,1-4H3. The minimum Gasteiger partial charge on any atom is -0.505 e. The molecular weight excluding hydrogens is 292 g/mol. The monoisotopic (exact) mass is 312 g/mol. The Hall–Kier alpha value is -2.69. The zero-order valence-electron chi connectivity index (χ0n) is 13.7. The molecule has 2 rings (SSSR count). The fraction of sp³-hybridized carbons (Fsp3) is 0.278. The van der Waals surface area contributed by atoms with Gasteiger partial charge in [0, 0.05) is 0 Å². The number of pyridine rings is 1. The molecule has 0 radical (unpaired) electrons. The molecule has 0 aliphatic carbocycles. The van der Waals surface area contributed by atoms with Crippen LogP contribution in [-0.2, 0) is 4.74 Å². The Morgan fingerprint density at radius 1 is 1.30 bits per heavy atom. The molecule has 0 atom stereocenters. The number of hydrogen-bond acceptors (Lipinski definition) is 5. The number of para-hydroxylation sites is 1. The molecule has 0 fully saturated rings. The van der Waals surface area contributed by atoms with Crippen molar-refractivity contribution in [1.82, 2.24) is 4.98 Å². The van der Waals surface area contributed by atoms with E-state index in [-0.39, 0.29) is 17.2 Å². The highest BCUT2D eigenvalue weighted by Crippen LogP contribution is 2.23. The van der Waals surface area contributed by atoms with Crippen molar-refractivity contribution < 1.29 is 14.6 Å². The molecule has 5 heteroatoms. The second kappa shape index (κ2) is 7.05. The topological polar surface area (TPSA) is 71.8 Å². The van der Waals surface area contributed by atoms with Crippen LogP contribution in [0.15, 0.2) is 41.5 Å². The van der Waals surface area contributed by atoms with Crippen LogP contribution >= 0.6 is 0 Å². The van der Waals surface area contributed by atoms with Crippen LogP contribution in [-0.4, -0.2) is 28.9 Å². The summed E-state index contributed by atoms with van der Waals surface area (Å²) in [5.74, 6) is -0.720. The predicted molar refractivity (Wildman–Crippen MR) is 89.5 cm³/mol. The Morgan fingerprint density at radius 2 is 2.00 bits per heavy atom. The number of nitrogens with zero attached hydrogens (tertiary/aromatic N) is 2. The van der Waals surface area contributed by atoms with Crippen LogP contribution in [0.2, 0.25) is 0 Å². The van der Waals surface area contributed by atoms with Gasteiger partial charge in [0.15, 0.2) is 0 Å². The van der Waals surface area contributed by atoms with Gasteiger partial charge in [0.2, 0.25) is 0 Å². The van der Waals surface area contributed by atoms with Gasteiger partial charge in [-0.25, -0.2) is 4.79 Å². The van der Waals surface area contributed by atoms with Gasteiger partial charge in [0.1, 0.15) is 11.3 Å². The van der Waals surface area contributed by atoms with Gasteiger partial charge in [0.25, 0.3) is 0 Å². The molecule has 0 spiro atoms. The minimum absolute atomic E-state index is 0.0793. The van der Waals surface area contributed by atoms with Gasteiger partial charge in [-0.15, -0.1) is 0 Å². The molecule has 0 saturated carbocycles. The molecule has 0 bridgehead atoms. The highest BCUT2D eigenvalue weighted by Gasteiger charge is 2.17. The third-order valence-corrected chi connectivity index (χ3v) is 3.45. The molecule has 1 aromatic heterocycles. The van der Waals surface area contributed by atoms with Crippen molar-refractivity contribution in [2.75, 3.05) is 7.11 Å². The summed E-state index contributed by atoms with van der Waals surface area (Å²) in [5.41, 5.74) is 3.27. The first-order valence-corrected chi connectivity index (χ1v) is 7.36. The summed E-state index contributed by atoms with van der Waals surface area (Å²) >= 11 is 0. The van der Waals surface area contributed by atoms with E-state index >= 15 is 0 Å². The van der Waals surface area contributed by atoms with Crippen LogP contribution in [0, 0.1) is 12.8 Å². The molecule has 0 aliphatic heterocycles. The first-order valence-electron chi connectivity index (χ1n) is 7.36. The Balaban J connectivity index is 2.55. The van der Waals surface area contributed by atoms with Crippen LogP contribution in [0.4, 0.5) is 5.69 Å². The molecular formula is C18H20N2O3.